The van der Waals surface area contributed by atoms with E-state index in [0.29, 0.717) is 6.61 Å². The number of likely N-dealkylation sites (tertiary alicyclic amines) is 1. The van der Waals surface area contributed by atoms with Crippen LogP contribution in [0.4, 0.5) is 0 Å². The van der Waals surface area contributed by atoms with E-state index in [1.165, 1.54) is 18.4 Å². The Morgan fingerprint density at radius 3 is 2.84 bits per heavy atom. The Balaban J connectivity index is 1.36. The van der Waals surface area contributed by atoms with Gasteiger partial charge in [0.2, 0.25) is 5.91 Å². The lowest BCUT2D eigenvalue weighted by Gasteiger charge is -2.55. The number of ether oxygens (including phenoxy) is 1. The molecule has 0 aromatic heterocycles. The second-order valence-corrected chi connectivity index (χ2v) is 8.21. The third-order valence-electron chi connectivity index (χ3n) is 5.54. The van der Waals surface area contributed by atoms with Crippen LogP contribution < -0.4 is 5.32 Å². The predicted octanol–water partition coefficient (Wildman–Crippen LogP) is 1.75. The summed E-state index contributed by atoms with van der Waals surface area (Å²) in [6.07, 6.45) is 2.59. The molecule has 3 aliphatic rings. The fourth-order valence-corrected chi connectivity index (χ4v) is 4.30. The predicted molar refractivity (Wildman–Crippen MR) is 97.6 cm³/mol. The normalized spacial score (nSPS) is 26.4. The van der Waals surface area contributed by atoms with E-state index in [4.69, 9.17) is 16.3 Å². The van der Waals surface area contributed by atoms with Crippen LogP contribution in [-0.4, -0.2) is 67.2 Å². The van der Waals surface area contributed by atoms with Gasteiger partial charge in [-0.25, -0.2) is 0 Å². The first kappa shape index (κ1) is 17.3. The average molecular weight is 364 g/mol. The van der Waals surface area contributed by atoms with Crippen LogP contribution in [0, 0.1) is 5.92 Å². The fraction of sp³-hybridized carbons (Fsp3) is 0.632. The van der Waals surface area contributed by atoms with Gasteiger partial charge in [-0.2, -0.15) is 0 Å². The lowest BCUT2D eigenvalue weighted by Crippen LogP contribution is -2.72. The van der Waals surface area contributed by atoms with Gasteiger partial charge in [0.15, 0.2) is 0 Å². The van der Waals surface area contributed by atoms with Gasteiger partial charge in [0.1, 0.15) is 11.6 Å². The molecule has 1 aromatic carbocycles. The fourth-order valence-electron chi connectivity index (χ4n) is 4.08. The number of hydrogen-bond donors (Lipinski definition) is 1. The van der Waals surface area contributed by atoms with Crippen molar-refractivity contribution >= 4 is 17.5 Å². The van der Waals surface area contributed by atoms with Crippen LogP contribution >= 0.6 is 11.6 Å². The quantitative estimate of drug-likeness (QED) is 0.865. The van der Waals surface area contributed by atoms with E-state index in [2.05, 4.69) is 21.2 Å². The minimum Gasteiger partial charge on any atom is -0.369 e. The van der Waals surface area contributed by atoms with Gasteiger partial charge in [-0.1, -0.05) is 23.7 Å². The molecule has 1 aromatic rings. The van der Waals surface area contributed by atoms with E-state index in [1.807, 2.05) is 18.2 Å². The number of rotatable bonds is 5. The summed E-state index contributed by atoms with van der Waals surface area (Å²) in [5.74, 6) is 0.843. The molecule has 1 aliphatic carbocycles. The second-order valence-electron chi connectivity index (χ2n) is 7.77. The second kappa shape index (κ2) is 6.88. The van der Waals surface area contributed by atoms with Gasteiger partial charge < -0.3 is 10.1 Å². The molecule has 6 heteroatoms. The van der Waals surface area contributed by atoms with E-state index in [0.717, 1.165) is 43.7 Å². The zero-order valence-electron chi connectivity index (χ0n) is 14.7. The van der Waals surface area contributed by atoms with Gasteiger partial charge in [-0.3, -0.25) is 14.6 Å². The van der Waals surface area contributed by atoms with Crippen LogP contribution in [0.2, 0.25) is 5.02 Å². The third-order valence-corrected chi connectivity index (χ3v) is 5.77. The van der Waals surface area contributed by atoms with Crippen LogP contribution in [0.5, 0.6) is 0 Å². The highest BCUT2D eigenvalue weighted by atomic mass is 35.5. The van der Waals surface area contributed by atoms with Crippen molar-refractivity contribution in [2.75, 3.05) is 39.8 Å². The SMILES string of the molecule is CNC(=O)[C@H]1COC2(CN(Cc3cccc(Cl)c3)C2)CN1CC1CC1. The summed E-state index contributed by atoms with van der Waals surface area (Å²) < 4.78 is 6.19. The zero-order chi connectivity index (χ0) is 17.4. The summed E-state index contributed by atoms with van der Waals surface area (Å²) in [5, 5.41) is 3.57. The van der Waals surface area contributed by atoms with E-state index in [1.54, 1.807) is 7.05 Å². The van der Waals surface area contributed by atoms with E-state index < -0.39 is 0 Å². The molecule has 136 valence electrons. The van der Waals surface area contributed by atoms with Crippen molar-refractivity contribution in [3.63, 3.8) is 0 Å². The number of likely N-dealkylation sites (N-methyl/N-ethyl adjacent to an activating group) is 1. The molecule has 1 saturated carbocycles. The first-order valence-electron chi connectivity index (χ1n) is 9.13. The average Bonchev–Trinajstić information content (AvgIpc) is 3.37. The van der Waals surface area contributed by atoms with Crippen molar-refractivity contribution in [1.29, 1.82) is 0 Å². The number of benzene rings is 1. The molecular weight excluding hydrogens is 338 g/mol. The summed E-state index contributed by atoms with van der Waals surface area (Å²) in [4.78, 5) is 16.9. The Morgan fingerprint density at radius 2 is 2.16 bits per heavy atom. The first-order chi connectivity index (χ1) is 12.1. The molecule has 1 spiro atoms. The highest BCUT2D eigenvalue weighted by molar-refractivity contribution is 6.30. The van der Waals surface area contributed by atoms with Crippen LogP contribution in [0.15, 0.2) is 24.3 Å². The molecule has 1 atom stereocenters. The smallest absolute Gasteiger partial charge is 0.239 e. The lowest BCUT2D eigenvalue weighted by molar-refractivity contribution is -0.203. The van der Waals surface area contributed by atoms with Crippen molar-refractivity contribution in [2.24, 2.45) is 5.92 Å². The molecule has 5 nitrogen and oxygen atoms in total. The number of carbonyl (C=O) groups excluding carboxylic acids is 1. The monoisotopic (exact) mass is 363 g/mol. The number of amides is 1. The Morgan fingerprint density at radius 1 is 1.36 bits per heavy atom. The molecular formula is C19H26ClN3O2. The Hall–Kier alpha value is -1.14. The maximum absolute atomic E-state index is 12.2. The van der Waals surface area contributed by atoms with Gasteiger partial charge in [0.05, 0.1) is 6.61 Å². The molecule has 25 heavy (non-hydrogen) atoms. The summed E-state index contributed by atoms with van der Waals surface area (Å²) in [6.45, 7) is 5.11. The molecule has 0 unspecified atom stereocenters. The molecule has 2 aliphatic heterocycles. The maximum Gasteiger partial charge on any atom is 0.239 e. The van der Waals surface area contributed by atoms with Crippen LogP contribution in [0.25, 0.3) is 0 Å². The molecule has 1 amide bonds. The molecule has 2 saturated heterocycles. The number of nitrogens with one attached hydrogen (secondary N) is 1. The molecule has 2 heterocycles. The van der Waals surface area contributed by atoms with Gasteiger partial charge in [-0.15, -0.1) is 0 Å². The Labute approximate surface area is 154 Å². The van der Waals surface area contributed by atoms with Gasteiger partial charge >= 0.3 is 0 Å². The van der Waals surface area contributed by atoms with Gasteiger partial charge in [-0.05, 0) is 36.5 Å². The highest BCUT2D eigenvalue weighted by Gasteiger charge is 2.50. The number of morpholine rings is 1. The molecule has 1 N–H and O–H groups in total. The molecule has 3 fully saturated rings. The van der Waals surface area contributed by atoms with Crippen LogP contribution in [0.1, 0.15) is 18.4 Å². The highest BCUT2D eigenvalue weighted by Crippen LogP contribution is 2.36. The van der Waals surface area contributed by atoms with Crippen molar-refractivity contribution in [3.05, 3.63) is 34.9 Å². The first-order valence-corrected chi connectivity index (χ1v) is 9.51. The topological polar surface area (TPSA) is 44.8 Å². The minimum absolute atomic E-state index is 0.0746. The standard InChI is InChI=1S/C19H26ClN3O2/c1-21-18(24)17-10-25-19(13-23(17)9-14-5-6-14)11-22(12-19)8-15-3-2-4-16(20)7-15/h2-4,7,14,17H,5-6,8-13H2,1H3,(H,21,24)/t17-/m1/s1. The van der Waals surface area contributed by atoms with E-state index in [-0.39, 0.29) is 17.6 Å². The van der Waals surface area contributed by atoms with Crippen molar-refractivity contribution < 1.29 is 9.53 Å². The van der Waals surface area contributed by atoms with Crippen LogP contribution in [0.3, 0.4) is 0 Å². The van der Waals surface area contributed by atoms with Crippen molar-refractivity contribution in [1.82, 2.24) is 15.1 Å². The summed E-state index contributed by atoms with van der Waals surface area (Å²) in [5.41, 5.74) is 1.12. The van der Waals surface area contributed by atoms with Gasteiger partial charge in [0.25, 0.3) is 0 Å². The van der Waals surface area contributed by atoms with Gasteiger partial charge in [0, 0.05) is 44.8 Å². The largest absolute Gasteiger partial charge is 0.369 e. The third kappa shape index (κ3) is 3.85. The van der Waals surface area contributed by atoms with Crippen LogP contribution in [-0.2, 0) is 16.1 Å². The Bertz CT molecular complexity index is 643. The molecule has 0 bridgehead atoms. The summed E-state index contributed by atoms with van der Waals surface area (Å²) in [6, 6.07) is 7.89. The van der Waals surface area contributed by atoms with E-state index >= 15 is 0 Å². The number of nitrogens with zero attached hydrogens (tertiary/aromatic N) is 2. The van der Waals surface area contributed by atoms with Crippen molar-refractivity contribution in [3.8, 4) is 0 Å². The Kier molecular flexibility index (Phi) is 4.75. The molecule has 4 rings (SSSR count). The number of hydrogen-bond acceptors (Lipinski definition) is 4. The zero-order valence-corrected chi connectivity index (χ0v) is 15.5. The summed E-state index contributed by atoms with van der Waals surface area (Å²) in [7, 11) is 1.71. The lowest BCUT2D eigenvalue weighted by atomic mass is 9.89. The van der Waals surface area contributed by atoms with E-state index in [9.17, 15) is 4.79 Å². The summed E-state index contributed by atoms with van der Waals surface area (Å²) >= 11 is 6.08. The number of carbonyl (C=O) groups is 1. The van der Waals surface area contributed by atoms with Crippen molar-refractivity contribution in [2.45, 2.75) is 31.0 Å². The molecule has 0 radical (unpaired) electrons. The number of halogens is 1. The maximum atomic E-state index is 12.2. The minimum atomic E-state index is -0.141.